The van der Waals surface area contributed by atoms with Crippen molar-refractivity contribution in [2.45, 2.75) is 45.1 Å². The quantitative estimate of drug-likeness (QED) is 0.373. The zero-order valence-corrected chi connectivity index (χ0v) is 17.6. The highest BCUT2D eigenvalue weighted by Crippen LogP contribution is 2.35. The van der Waals surface area contributed by atoms with Gasteiger partial charge in [-0.05, 0) is 25.5 Å². The van der Waals surface area contributed by atoms with Gasteiger partial charge in [-0.2, -0.15) is 18.3 Å². The van der Waals surface area contributed by atoms with Gasteiger partial charge in [-0.25, -0.2) is 14.7 Å². The van der Waals surface area contributed by atoms with E-state index in [1.807, 2.05) is 11.6 Å². The minimum Gasteiger partial charge on any atom is -0.491 e. The molecule has 2 N–H and O–H groups in total. The largest absolute Gasteiger partial charge is 0.491 e. The van der Waals surface area contributed by atoms with Crippen LogP contribution in [-0.4, -0.2) is 53.6 Å². The molecule has 1 aliphatic rings. The highest BCUT2D eigenvalue weighted by atomic mass is 19.4. The molecule has 0 fully saturated rings. The van der Waals surface area contributed by atoms with Gasteiger partial charge in [-0.15, -0.1) is 0 Å². The van der Waals surface area contributed by atoms with Gasteiger partial charge in [0.2, 0.25) is 0 Å². The smallest absolute Gasteiger partial charge is 0.419 e. The molecule has 0 aliphatic carbocycles. The summed E-state index contributed by atoms with van der Waals surface area (Å²) in [6, 6.07) is 5.27. The number of fused-ring (bicyclic) bond motifs is 1. The van der Waals surface area contributed by atoms with E-state index < -0.39 is 11.7 Å². The molecule has 31 heavy (non-hydrogen) atoms. The van der Waals surface area contributed by atoms with Gasteiger partial charge in [0.05, 0.1) is 18.7 Å². The Balaban J connectivity index is 1.55. The van der Waals surface area contributed by atoms with Crippen LogP contribution in [0, 0.1) is 0 Å². The maximum atomic E-state index is 13.1. The van der Waals surface area contributed by atoms with Crippen LogP contribution in [-0.2, 0) is 30.5 Å². The van der Waals surface area contributed by atoms with Crippen LogP contribution in [0.15, 0.2) is 29.3 Å². The van der Waals surface area contributed by atoms with Gasteiger partial charge in [0.25, 0.3) is 0 Å². The fraction of sp³-hybridized carbons (Fsp3) is 0.550. The summed E-state index contributed by atoms with van der Waals surface area (Å²) in [5.41, 5.74) is -0.789. The minimum absolute atomic E-state index is 0.0297. The molecule has 2 heterocycles. The van der Waals surface area contributed by atoms with E-state index in [9.17, 15) is 13.2 Å². The molecule has 1 unspecified atom stereocenters. The zero-order valence-electron chi connectivity index (χ0n) is 17.6. The van der Waals surface area contributed by atoms with Gasteiger partial charge in [0.15, 0.2) is 11.8 Å². The van der Waals surface area contributed by atoms with Crippen LogP contribution in [0.3, 0.4) is 0 Å². The monoisotopic (exact) mass is 440 g/mol. The lowest BCUT2D eigenvalue weighted by Gasteiger charge is -2.25. The Morgan fingerprint density at radius 3 is 2.87 bits per heavy atom. The molecule has 8 nitrogen and oxygen atoms in total. The van der Waals surface area contributed by atoms with Gasteiger partial charge in [-0.1, -0.05) is 12.1 Å². The van der Waals surface area contributed by atoms with E-state index in [-0.39, 0.29) is 24.9 Å². The third kappa shape index (κ3) is 6.33. The fourth-order valence-electron chi connectivity index (χ4n) is 3.32. The van der Waals surface area contributed by atoms with E-state index in [4.69, 9.17) is 9.47 Å². The van der Waals surface area contributed by atoms with E-state index in [0.717, 1.165) is 24.7 Å². The highest BCUT2D eigenvalue weighted by Gasteiger charge is 2.34. The van der Waals surface area contributed by atoms with Gasteiger partial charge in [0, 0.05) is 26.1 Å². The molecule has 0 saturated carbocycles. The number of halogens is 3. The molecule has 1 aliphatic heterocycles. The van der Waals surface area contributed by atoms with Crippen LogP contribution < -0.4 is 15.4 Å². The van der Waals surface area contributed by atoms with Crippen molar-refractivity contribution in [2.75, 3.05) is 26.8 Å². The number of aromatic nitrogens is 3. The number of alkyl halides is 3. The zero-order chi connectivity index (χ0) is 22.3. The molecular weight excluding hydrogens is 413 g/mol. The van der Waals surface area contributed by atoms with Crippen molar-refractivity contribution in [1.29, 1.82) is 0 Å². The summed E-state index contributed by atoms with van der Waals surface area (Å²) in [5, 5.41) is 11.0. The second-order valence-electron chi connectivity index (χ2n) is 7.04. The maximum absolute atomic E-state index is 13.1. The SMILES string of the molecule is CCNC(=NCCOc1ccccc1C(F)(F)F)NC1CCc2nc(COC)nn2C1. The molecule has 2 aromatic rings. The number of guanidine groups is 1. The first kappa shape index (κ1) is 22.9. The molecular formula is C20H27F3N6O2. The number of hydrogen-bond acceptors (Lipinski definition) is 5. The summed E-state index contributed by atoms with van der Waals surface area (Å²) < 4.78 is 51.4. The van der Waals surface area contributed by atoms with E-state index in [1.54, 1.807) is 7.11 Å². The summed E-state index contributed by atoms with van der Waals surface area (Å²) in [6.45, 7) is 3.86. The molecule has 1 aromatic carbocycles. The Labute approximate surface area is 178 Å². The minimum atomic E-state index is -4.46. The van der Waals surface area contributed by atoms with E-state index in [1.165, 1.54) is 18.2 Å². The van der Waals surface area contributed by atoms with Crippen molar-refractivity contribution in [1.82, 2.24) is 25.4 Å². The molecule has 0 radical (unpaired) electrons. The van der Waals surface area contributed by atoms with Gasteiger partial charge < -0.3 is 20.1 Å². The Kier molecular flexibility index (Phi) is 7.72. The first-order chi connectivity index (χ1) is 14.9. The highest BCUT2D eigenvalue weighted by molar-refractivity contribution is 5.80. The van der Waals surface area contributed by atoms with Crippen LogP contribution in [0.25, 0.3) is 0 Å². The average Bonchev–Trinajstić information content (AvgIpc) is 3.13. The number of rotatable bonds is 8. The van der Waals surface area contributed by atoms with Crippen molar-refractivity contribution < 1.29 is 22.6 Å². The number of aryl methyl sites for hydroxylation is 1. The molecule has 1 atom stereocenters. The number of ether oxygens (including phenoxy) is 2. The summed E-state index contributed by atoms with van der Waals surface area (Å²) in [7, 11) is 1.61. The molecule has 1 aromatic heterocycles. The van der Waals surface area contributed by atoms with Crippen molar-refractivity contribution >= 4 is 5.96 Å². The summed E-state index contributed by atoms with van der Waals surface area (Å²) in [6.07, 6.45) is -2.81. The fourth-order valence-corrected chi connectivity index (χ4v) is 3.32. The van der Waals surface area contributed by atoms with Gasteiger partial charge in [-0.3, -0.25) is 0 Å². The van der Waals surface area contributed by atoms with Crippen LogP contribution in [0.1, 0.15) is 30.6 Å². The van der Waals surface area contributed by atoms with Crippen LogP contribution >= 0.6 is 0 Å². The molecule has 0 saturated heterocycles. The number of hydrogen-bond donors (Lipinski definition) is 2. The average molecular weight is 440 g/mol. The summed E-state index contributed by atoms with van der Waals surface area (Å²) >= 11 is 0. The van der Waals surface area contributed by atoms with Gasteiger partial charge in [0.1, 0.15) is 24.8 Å². The Morgan fingerprint density at radius 2 is 2.13 bits per heavy atom. The predicted molar refractivity (Wildman–Crippen MR) is 109 cm³/mol. The number of nitrogens with one attached hydrogen (secondary N) is 2. The number of nitrogens with zero attached hydrogens (tertiary/aromatic N) is 4. The first-order valence-corrected chi connectivity index (χ1v) is 10.2. The Hall–Kier alpha value is -2.82. The van der Waals surface area contributed by atoms with Crippen molar-refractivity contribution in [3.8, 4) is 5.75 Å². The lowest BCUT2D eigenvalue weighted by Crippen LogP contribution is -2.47. The van der Waals surface area contributed by atoms with E-state index in [0.29, 0.717) is 31.5 Å². The molecule has 170 valence electrons. The standard InChI is InChI=1S/C20H27F3N6O2/c1-3-24-19(25-10-11-31-16-7-5-4-6-15(16)20(21,22)23)26-14-8-9-18-27-17(13-30-2)28-29(18)12-14/h4-7,14H,3,8-13H2,1-2H3,(H2,24,25,26). The number of para-hydroxylation sites is 1. The van der Waals surface area contributed by atoms with Crippen molar-refractivity contribution in [3.05, 3.63) is 41.5 Å². The molecule has 11 heteroatoms. The predicted octanol–water partition coefficient (Wildman–Crippen LogP) is 2.39. The number of aliphatic imine (C=N–C) groups is 1. The lowest BCUT2D eigenvalue weighted by molar-refractivity contribution is -0.138. The third-order valence-electron chi connectivity index (χ3n) is 4.67. The van der Waals surface area contributed by atoms with E-state index in [2.05, 4.69) is 25.7 Å². The Bertz CT molecular complexity index is 884. The van der Waals surface area contributed by atoms with Crippen molar-refractivity contribution in [2.24, 2.45) is 4.99 Å². The number of methoxy groups -OCH3 is 1. The second-order valence-corrected chi connectivity index (χ2v) is 7.04. The topological polar surface area (TPSA) is 85.6 Å². The first-order valence-electron chi connectivity index (χ1n) is 10.2. The molecule has 0 amide bonds. The molecule has 0 bridgehead atoms. The number of benzene rings is 1. The third-order valence-corrected chi connectivity index (χ3v) is 4.67. The maximum Gasteiger partial charge on any atom is 0.419 e. The summed E-state index contributed by atoms with van der Waals surface area (Å²) in [5.74, 6) is 1.99. The summed E-state index contributed by atoms with van der Waals surface area (Å²) in [4.78, 5) is 8.89. The molecule has 0 spiro atoms. The molecule has 3 rings (SSSR count). The van der Waals surface area contributed by atoms with E-state index >= 15 is 0 Å². The van der Waals surface area contributed by atoms with Crippen LogP contribution in [0.2, 0.25) is 0 Å². The normalized spacial score (nSPS) is 16.7. The van der Waals surface area contributed by atoms with Crippen LogP contribution in [0.4, 0.5) is 13.2 Å². The van der Waals surface area contributed by atoms with Crippen molar-refractivity contribution in [3.63, 3.8) is 0 Å². The second kappa shape index (κ2) is 10.5. The lowest BCUT2D eigenvalue weighted by atomic mass is 10.1. The van der Waals surface area contributed by atoms with Crippen LogP contribution in [0.5, 0.6) is 5.75 Å². The Morgan fingerprint density at radius 1 is 1.32 bits per heavy atom. The van der Waals surface area contributed by atoms with Gasteiger partial charge >= 0.3 is 6.18 Å².